The molecule has 2 heterocycles. The van der Waals surface area contributed by atoms with Crippen molar-refractivity contribution >= 4 is 23.3 Å². The molecule has 4 rings (SSSR count). The van der Waals surface area contributed by atoms with Gasteiger partial charge in [-0.3, -0.25) is 9.80 Å². The molecule has 1 saturated heterocycles. The second-order valence-corrected chi connectivity index (χ2v) is 8.12. The Hall–Kier alpha value is -4.14. The van der Waals surface area contributed by atoms with E-state index in [0.717, 1.165) is 0 Å². The molecule has 0 unspecified atom stereocenters. The van der Waals surface area contributed by atoms with Crippen LogP contribution in [0.3, 0.4) is 0 Å². The number of benzene rings is 2. The molecule has 3 aromatic rings. The molecular weight excluding hydrogens is 450 g/mol. The SMILES string of the molecule is C=C(c1ccc(F)cc1)N(CC(=O)N1CCN(c2ncccn2)CC1)/N=C(\C)c1ccc(F)cc1. The van der Waals surface area contributed by atoms with Gasteiger partial charge in [-0.2, -0.15) is 5.10 Å². The van der Waals surface area contributed by atoms with Crippen LogP contribution in [-0.4, -0.2) is 64.2 Å². The van der Waals surface area contributed by atoms with Crippen LogP contribution in [-0.2, 0) is 4.79 Å². The second-order valence-electron chi connectivity index (χ2n) is 8.12. The van der Waals surface area contributed by atoms with Gasteiger partial charge in [-0.1, -0.05) is 18.7 Å². The van der Waals surface area contributed by atoms with Gasteiger partial charge in [-0.05, 0) is 60.5 Å². The Kier molecular flexibility index (Phi) is 7.45. The second kappa shape index (κ2) is 10.9. The Morgan fingerprint density at radius 3 is 2.06 bits per heavy atom. The van der Waals surface area contributed by atoms with Crippen molar-refractivity contribution in [3.8, 4) is 0 Å². The van der Waals surface area contributed by atoms with Gasteiger partial charge in [0, 0.05) is 38.6 Å². The monoisotopic (exact) mass is 476 g/mol. The number of carbonyl (C=O) groups excluding carboxylic acids is 1. The zero-order valence-corrected chi connectivity index (χ0v) is 19.4. The lowest BCUT2D eigenvalue weighted by molar-refractivity contribution is -0.132. The molecule has 9 heteroatoms. The smallest absolute Gasteiger partial charge is 0.244 e. The Morgan fingerprint density at radius 1 is 0.943 bits per heavy atom. The molecule has 1 fully saturated rings. The van der Waals surface area contributed by atoms with Crippen molar-refractivity contribution in [1.29, 1.82) is 0 Å². The number of aromatic nitrogens is 2. The van der Waals surface area contributed by atoms with Crippen molar-refractivity contribution in [2.75, 3.05) is 37.6 Å². The number of nitrogens with zero attached hydrogens (tertiary/aromatic N) is 6. The minimum atomic E-state index is -0.365. The summed E-state index contributed by atoms with van der Waals surface area (Å²) in [6, 6.07) is 13.6. The summed E-state index contributed by atoms with van der Waals surface area (Å²) in [6.07, 6.45) is 3.39. The molecular formula is C26H26F2N6O. The minimum Gasteiger partial charge on any atom is -0.338 e. The number of hydrazone groups is 1. The molecule has 0 atom stereocenters. The molecule has 2 aromatic carbocycles. The van der Waals surface area contributed by atoms with Crippen LogP contribution in [0.2, 0.25) is 0 Å². The average Bonchev–Trinajstić information content (AvgIpc) is 2.89. The van der Waals surface area contributed by atoms with Gasteiger partial charge in [0.15, 0.2) is 0 Å². The zero-order chi connectivity index (χ0) is 24.8. The lowest BCUT2D eigenvalue weighted by Crippen LogP contribution is -2.51. The minimum absolute atomic E-state index is 0.0451. The molecule has 7 nitrogen and oxygen atoms in total. The van der Waals surface area contributed by atoms with Gasteiger partial charge in [-0.25, -0.2) is 18.7 Å². The Balaban J connectivity index is 1.50. The van der Waals surface area contributed by atoms with E-state index in [1.54, 1.807) is 54.5 Å². The van der Waals surface area contributed by atoms with Gasteiger partial charge in [0.25, 0.3) is 0 Å². The molecule has 1 aliphatic rings. The summed E-state index contributed by atoms with van der Waals surface area (Å²) in [5.41, 5.74) is 2.40. The number of halogens is 2. The first-order chi connectivity index (χ1) is 16.9. The fourth-order valence-corrected chi connectivity index (χ4v) is 3.75. The van der Waals surface area contributed by atoms with Crippen molar-refractivity contribution in [1.82, 2.24) is 19.9 Å². The van der Waals surface area contributed by atoms with Crippen LogP contribution in [0.15, 0.2) is 78.7 Å². The molecule has 35 heavy (non-hydrogen) atoms. The maximum atomic E-state index is 13.4. The van der Waals surface area contributed by atoms with Crippen molar-refractivity contribution in [2.24, 2.45) is 5.10 Å². The highest BCUT2D eigenvalue weighted by atomic mass is 19.1. The van der Waals surface area contributed by atoms with Gasteiger partial charge >= 0.3 is 0 Å². The molecule has 0 aliphatic carbocycles. The fraction of sp³-hybridized carbons (Fsp3) is 0.231. The van der Waals surface area contributed by atoms with Crippen LogP contribution >= 0.6 is 0 Å². The van der Waals surface area contributed by atoms with Gasteiger partial charge < -0.3 is 9.80 Å². The number of hydrogen-bond acceptors (Lipinski definition) is 6. The standard InChI is InChI=1S/C26H26F2N6O/c1-19(21-4-8-23(27)9-5-21)31-34(20(2)22-6-10-24(28)11-7-22)18-25(35)32-14-16-33(17-15-32)26-29-12-3-13-30-26/h3-13H,2,14-18H2,1H3/b31-19+. The number of rotatable bonds is 7. The lowest BCUT2D eigenvalue weighted by atomic mass is 10.1. The molecule has 0 saturated carbocycles. The summed E-state index contributed by atoms with van der Waals surface area (Å²) in [7, 11) is 0. The van der Waals surface area contributed by atoms with Gasteiger partial charge in [0.05, 0.1) is 11.4 Å². The van der Waals surface area contributed by atoms with E-state index in [1.165, 1.54) is 29.3 Å². The third-order valence-electron chi connectivity index (χ3n) is 5.77. The van der Waals surface area contributed by atoms with Gasteiger partial charge in [0.1, 0.15) is 18.2 Å². The van der Waals surface area contributed by atoms with Gasteiger partial charge in [-0.15, -0.1) is 0 Å². The number of piperazine rings is 1. The fourth-order valence-electron chi connectivity index (χ4n) is 3.75. The zero-order valence-electron chi connectivity index (χ0n) is 19.4. The van der Waals surface area contributed by atoms with E-state index in [1.807, 2.05) is 4.90 Å². The first-order valence-electron chi connectivity index (χ1n) is 11.2. The molecule has 1 amide bonds. The van der Waals surface area contributed by atoms with E-state index in [4.69, 9.17) is 0 Å². The van der Waals surface area contributed by atoms with Crippen LogP contribution in [0.4, 0.5) is 14.7 Å². The molecule has 0 spiro atoms. The predicted octanol–water partition coefficient (Wildman–Crippen LogP) is 3.80. The van der Waals surface area contributed by atoms with Crippen LogP contribution in [0.1, 0.15) is 18.1 Å². The molecule has 1 aromatic heterocycles. The molecule has 0 N–H and O–H groups in total. The van der Waals surface area contributed by atoms with Crippen LogP contribution in [0.5, 0.6) is 0 Å². The van der Waals surface area contributed by atoms with Crippen molar-refractivity contribution in [3.63, 3.8) is 0 Å². The van der Waals surface area contributed by atoms with E-state index in [9.17, 15) is 13.6 Å². The summed E-state index contributed by atoms with van der Waals surface area (Å²) < 4.78 is 26.8. The third-order valence-corrected chi connectivity index (χ3v) is 5.77. The van der Waals surface area contributed by atoms with Crippen LogP contribution < -0.4 is 4.90 Å². The molecule has 1 aliphatic heterocycles. The number of hydrogen-bond donors (Lipinski definition) is 0. The normalized spacial score (nSPS) is 14.1. The molecule has 0 bridgehead atoms. The Morgan fingerprint density at radius 2 is 1.49 bits per heavy atom. The first-order valence-corrected chi connectivity index (χ1v) is 11.2. The first kappa shape index (κ1) is 24.0. The van der Waals surface area contributed by atoms with Gasteiger partial charge in [0.2, 0.25) is 11.9 Å². The Bertz CT molecular complexity index is 1190. The van der Waals surface area contributed by atoms with Crippen LogP contribution in [0, 0.1) is 11.6 Å². The van der Waals surface area contributed by atoms with E-state index in [2.05, 4.69) is 21.6 Å². The van der Waals surface area contributed by atoms with E-state index < -0.39 is 0 Å². The summed E-state index contributed by atoms with van der Waals surface area (Å²) in [4.78, 5) is 25.6. The topological polar surface area (TPSA) is 64.9 Å². The predicted molar refractivity (Wildman–Crippen MR) is 132 cm³/mol. The average molecular weight is 477 g/mol. The largest absolute Gasteiger partial charge is 0.338 e. The summed E-state index contributed by atoms with van der Waals surface area (Å²) in [6.45, 7) is 8.12. The van der Waals surface area contributed by atoms with E-state index >= 15 is 0 Å². The maximum Gasteiger partial charge on any atom is 0.244 e. The number of anilines is 1. The highest BCUT2D eigenvalue weighted by Gasteiger charge is 2.25. The number of amides is 1. The highest BCUT2D eigenvalue weighted by molar-refractivity contribution is 5.99. The van der Waals surface area contributed by atoms with E-state index in [-0.39, 0.29) is 24.1 Å². The summed E-state index contributed by atoms with van der Waals surface area (Å²) in [5, 5.41) is 6.14. The summed E-state index contributed by atoms with van der Waals surface area (Å²) >= 11 is 0. The molecule has 0 radical (unpaired) electrons. The maximum absolute atomic E-state index is 13.4. The summed E-state index contributed by atoms with van der Waals surface area (Å²) in [5.74, 6) is -0.178. The third kappa shape index (κ3) is 6.06. The number of carbonyl (C=O) groups is 1. The highest BCUT2D eigenvalue weighted by Crippen LogP contribution is 2.20. The Labute approximate surface area is 203 Å². The van der Waals surface area contributed by atoms with E-state index in [0.29, 0.717) is 54.7 Å². The van der Waals surface area contributed by atoms with Crippen molar-refractivity contribution in [3.05, 3.63) is 96.3 Å². The van der Waals surface area contributed by atoms with Crippen molar-refractivity contribution < 1.29 is 13.6 Å². The lowest BCUT2D eigenvalue weighted by Gasteiger charge is -2.35. The quantitative estimate of drug-likeness (QED) is 0.383. The molecule has 180 valence electrons. The van der Waals surface area contributed by atoms with Crippen molar-refractivity contribution in [2.45, 2.75) is 6.92 Å². The van der Waals surface area contributed by atoms with Crippen LogP contribution in [0.25, 0.3) is 5.70 Å².